The Kier molecular flexibility index (Phi) is 4.05. The number of phenols is 1. The molecule has 0 fully saturated rings. The monoisotopic (exact) mass is 286 g/mol. The maximum Gasteiger partial charge on any atom is 0.271 e. The standard InChI is InChI=1S/C14H14N4O3/c15-14(10-4-6-13(19)7-5-10)9-17(16)11-2-1-3-12(8-11)18(20)21/h1-9,19H,15-16H2/b14-9-. The van der Waals surface area contributed by atoms with Crippen LogP contribution in [-0.2, 0) is 0 Å². The number of nitro benzene ring substituents is 1. The molecule has 0 saturated heterocycles. The molecule has 0 heterocycles. The molecule has 0 unspecified atom stereocenters. The SMILES string of the molecule is N/C(=C\N(N)c1cccc([N+](=O)[O-])c1)c1ccc(O)cc1. The van der Waals surface area contributed by atoms with Crippen molar-refractivity contribution in [3.63, 3.8) is 0 Å². The van der Waals surface area contributed by atoms with Crippen LogP contribution in [0.4, 0.5) is 11.4 Å². The zero-order valence-electron chi connectivity index (χ0n) is 11.0. The molecule has 7 nitrogen and oxygen atoms in total. The average Bonchev–Trinajstić information content (AvgIpc) is 2.48. The van der Waals surface area contributed by atoms with Gasteiger partial charge in [-0.05, 0) is 35.9 Å². The summed E-state index contributed by atoms with van der Waals surface area (Å²) in [5.74, 6) is 5.97. The highest BCUT2D eigenvalue weighted by Crippen LogP contribution is 2.21. The summed E-state index contributed by atoms with van der Waals surface area (Å²) in [6, 6.07) is 12.2. The minimum atomic E-state index is -0.496. The molecule has 2 aromatic rings. The van der Waals surface area contributed by atoms with E-state index < -0.39 is 4.92 Å². The van der Waals surface area contributed by atoms with Gasteiger partial charge in [0.15, 0.2) is 0 Å². The Hall–Kier alpha value is -3.06. The summed E-state index contributed by atoms with van der Waals surface area (Å²) in [6.07, 6.45) is 1.45. The Morgan fingerprint density at radius 2 is 1.90 bits per heavy atom. The maximum absolute atomic E-state index is 10.7. The average molecular weight is 286 g/mol. The molecular weight excluding hydrogens is 272 g/mol. The maximum atomic E-state index is 10.7. The van der Waals surface area contributed by atoms with Gasteiger partial charge in [0.2, 0.25) is 0 Å². The van der Waals surface area contributed by atoms with Crippen molar-refractivity contribution in [2.24, 2.45) is 11.6 Å². The molecule has 7 heteroatoms. The number of hydrogen-bond donors (Lipinski definition) is 3. The lowest BCUT2D eigenvalue weighted by molar-refractivity contribution is -0.384. The molecule has 0 saturated carbocycles. The Bertz CT molecular complexity index is 683. The van der Waals surface area contributed by atoms with Crippen LogP contribution in [-0.4, -0.2) is 10.0 Å². The van der Waals surface area contributed by atoms with Gasteiger partial charge in [-0.25, -0.2) is 5.84 Å². The summed E-state index contributed by atoms with van der Waals surface area (Å²) in [5, 5.41) is 21.2. The molecule has 0 aromatic heterocycles. The van der Waals surface area contributed by atoms with Crippen molar-refractivity contribution in [3.05, 3.63) is 70.4 Å². The number of nitrogens with zero attached hydrogens (tertiary/aromatic N) is 2. The van der Waals surface area contributed by atoms with Crippen molar-refractivity contribution < 1.29 is 10.0 Å². The predicted molar refractivity (Wildman–Crippen MR) is 80.0 cm³/mol. The third-order valence-corrected chi connectivity index (χ3v) is 2.82. The lowest BCUT2D eigenvalue weighted by Gasteiger charge is -2.15. The number of non-ortho nitro benzene ring substituents is 1. The second kappa shape index (κ2) is 5.93. The van der Waals surface area contributed by atoms with Crippen LogP contribution >= 0.6 is 0 Å². The number of nitrogens with two attached hydrogens (primary N) is 2. The van der Waals surface area contributed by atoms with Crippen LogP contribution in [0.15, 0.2) is 54.7 Å². The minimum Gasteiger partial charge on any atom is -0.508 e. The Labute approximate surface area is 120 Å². The number of hydrazine groups is 1. The first kappa shape index (κ1) is 14.4. The third kappa shape index (κ3) is 3.48. The van der Waals surface area contributed by atoms with Gasteiger partial charge in [0.25, 0.3) is 5.69 Å². The smallest absolute Gasteiger partial charge is 0.271 e. The molecule has 21 heavy (non-hydrogen) atoms. The van der Waals surface area contributed by atoms with Gasteiger partial charge in [0.1, 0.15) is 5.75 Å². The second-order valence-electron chi connectivity index (χ2n) is 4.32. The molecule has 2 aromatic carbocycles. The van der Waals surface area contributed by atoms with Crippen molar-refractivity contribution in [1.82, 2.24) is 0 Å². The number of phenolic OH excluding ortho intramolecular Hbond substituents is 1. The van der Waals surface area contributed by atoms with E-state index in [-0.39, 0.29) is 11.4 Å². The minimum absolute atomic E-state index is 0.0560. The van der Waals surface area contributed by atoms with Gasteiger partial charge in [-0.2, -0.15) is 0 Å². The summed E-state index contributed by atoms with van der Waals surface area (Å²) in [7, 11) is 0. The van der Waals surface area contributed by atoms with Crippen molar-refractivity contribution >= 4 is 17.1 Å². The van der Waals surface area contributed by atoms with Crippen molar-refractivity contribution in [2.75, 3.05) is 5.01 Å². The molecular formula is C14H14N4O3. The summed E-state index contributed by atoms with van der Waals surface area (Å²) in [5.41, 5.74) is 7.32. The van der Waals surface area contributed by atoms with Crippen LogP contribution in [0.3, 0.4) is 0 Å². The quantitative estimate of drug-likeness (QED) is 0.449. The number of benzene rings is 2. The number of aromatic hydroxyl groups is 1. The van der Waals surface area contributed by atoms with Gasteiger partial charge in [-0.3, -0.25) is 15.1 Å². The summed E-state index contributed by atoms with van der Waals surface area (Å²) in [6.45, 7) is 0. The largest absolute Gasteiger partial charge is 0.508 e. The molecule has 0 aliphatic heterocycles. The van der Waals surface area contributed by atoms with E-state index in [9.17, 15) is 15.2 Å². The van der Waals surface area contributed by atoms with Crippen LogP contribution in [0.25, 0.3) is 5.70 Å². The van der Waals surface area contributed by atoms with Crippen LogP contribution in [0.5, 0.6) is 5.75 Å². The van der Waals surface area contributed by atoms with Gasteiger partial charge < -0.3 is 10.8 Å². The first-order valence-corrected chi connectivity index (χ1v) is 6.02. The normalized spacial score (nSPS) is 11.2. The van der Waals surface area contributed by atoms with Crippen molar-refractivity contribution in [2.45, 2.75) is 0 Å². The molecule has 0 radical (unpaired) electrons. The van der Waals surface area contributed by atoms with Gasteiger partial charge in [0, 0.05) is 18.3 Å². The number of hydrogen-bond acceptors (Lipinski definition) is 6. The van der Waals surface area contributed by atoms with Gasteiger partial charge >= 0.3 is 0 Å². The Morgan fingerprint density at radius 3 is 2.52 bits per heavy atom. The lowest BCUT2D eigenvalue weighted by Crippen LogP contribution is -2.25. The summed E-state index contributed by atoms with van der Waals surface area (Å²) >= 11 is 0. The van der Waals surface area contributed by atoms with Gasteiger partial charge in [-0.15, -0.1) is 0 Å². The van der Waals surface area contributed by atoms with E-state index in [1.165, 1.54) is 41.5 Å². The van der Waals surface area contributed by atoms with Gasteiger partial charge in [0.05, 0.1) is 16.3 Å². The van der Waals surface area contributed by atoms with E-state index in [0.29, 0.717) is 16.9 Å². The molecule has 0 spiro atoms. The molecule has 2 rings (SSSR count). The fourth-order valence-corrected chi connectivity index (χ4v) is 1.72. The van der Waals surface area contributed by atoms with Crippen molar-refractivity contribution in [1.29, 1.82) is 0 Å². The molecule has 0 atom stereocenters. The van der Waals surface area contributed by atoms with Crippen LogP contribution in [0, 0.1) is 10.1 Å². The van der Waals surface area contributed by atoms with Gasteiger partial charge in [-0.1, -0.05) is 6.07 Å². The first-order chi connectivity index (χ1) is 9.97. The topological polar surface area (TPSA) is 119 Å². The summed E-state index contributed by atoms with van der Waals surface area (Å²) in [4.78, 5) is 10.2. The van der Waals surface area contributed by atoms with Crippen LogP contribution in [0.2, 0.25) is 0 Å². The highest BCUT2D eigenvalue weighted by atomic mass is 16.6. The number of nitro groups is 1. The van der Waals surface area contributed by atoms with E-state index >= 15 is 0 Å². The zero-order valence-corrected chi connectivity index (χ0v) is 11.0. The molecule has 0 aliphatic carbocycles. The molecule has 0 aliphatic rings. The Morgan fingerprint density at radius 1 is 1.24 bits per heavy atom. The van der Waals surface area contributed by atoms with E-state index in [1.807, 2.05) is 0 Å². The molecule has 5 N–H and O–H groups in total. The zero-order chi connectivity index (χ0) is 15.4. The van der Waals surface area contributed by atoms with E-state index in [0.717, 1.165) is 0 Å². The lowest BCUT2D eigenvalue weighted by atomic mass is 10.1. The number of rotatable bonds is 4. The molecule has 108 valence electrons. The highest BCUT2D eigenvalue weighted by Gasteiger charge is 2.08. The molecule has 0 bridgehead atoms. The summed E-state index contributed by atoms with van der Waals surface area (Å²) < 4.78 is 0. The fourth-order valence-electron chi connectivity index (χ4n) is 1.72. The second-order valence-corrected chi connectivity index (χ2v) is 4.32. The predicted octanol–water partition coefficient (Wildman–Crippen LogP) is 1.94. The van der Waals surface area contributed by atoms with E-state index in [4.69, 9.17) is 11.6 Å². The molecule has 0 amide bonds. The third-order valence-electron chi connectivity index (χ3n) is 2.82. The number of anilines is 1. The fraction of sp³-hybridized carbons (Fsp3) is 0. The van der Waals surface area contributed by atoms with E-state index in [2.05, 4.69) is 0 Å². The highest BCUT2D eigenvalue weighted by molar-refractivity contribution is 5.67. The van der Waals surface area contributed by atoms with Crippen LogP contribution < -0.4 is 16.6 Å². The van der Waals surface area contributed by atoms with Crippen LogP contribution in [0.1, 0.15) is 5.56 Å². The Balaban J connectivity index is 2.25. The van der Waals surface area contributed by atoms with E-state index in [1.54, 1.807) is 18.2 Å². The van der Waals surface area contributed by atoms with Crippen molar-refractivity contribution in [3.8, 4) is 5.75 Å². The first-order valence-electron chi connectivity index (χ1n) is 6.02.